The van der Waals surface area contributed by atoms with Gasteiger partial charge in [0.15, 0.2) is 0 Å². The molecule has 2 aromatic rings. The van der Waals surface area contributed by atoms with Gasteiger partial charge in [0, 0.05) is 16.0 Å². The highest BCUT2D eigenvalue weighted by molar-refractivity contribution is 7.15. The molecule has 2 N–H and O–H groups in total. The van der Waals surface area contributed by atoms with Crippen molar-refractivity contribution in [3.8, 4) is 16.3 Å². The zero-order valence-electron chi connectivity index (χ0n) is 11.9. The van der Waals surface area contributed by atoms with Gasteiger partial charge in [-0.2, -0.15) is 0 Å². The van der Waals surface area contributed by atoms with Crippen molar-refractivity contribution in [1.82, 2.24) is 4.98 Å². The van der Waals surface area contributed by atoms with Crippen LogP contribution in [0.2, 0.25) is 0 Å². The lowest BCUT2D eigenvalue weighted by atomic mass is 10.0. The maximum atomic E-state index is 6.23. The summed E-state index contributed by atoms with van der Waals surface area (Å²) in [4.78, 5) is 5.88. The number of ether oxygens (including phenoxy) is 1. The van der Waals surface area contributed by atoms with Crippen LogP contribution in [0.1, 0.15) is 31.3 Å². The highest BCUT2D eigenvalue weighted by atomic mass is 32.1. The second-order valence-electron chi connectivity index (χ2n) is 5.10. The molecule has 4 heteroatoms. The normalized spacial score (nSPS) is 11.6. The number of benzene rings is 1. The van der Waals surface area contributed by atoms with Crippen LogP contribution < -0.4 is 10.5 Å². The molecule has 1 aromatic carbocycles. The van der Waals surface area contributed by atoms with Crippen LogP contribution in [0, 0.1) is 0 Å². The van der Waals surface area contributed by atoms with Gasteiger partial charge in [0.1, 0.15) is 10.8 Å². The molecule has 1 heterocycles. The van der Waals surface area contributed by atoms with Crippen molar-refractivity contribution < 1.29 is 4.74 Å². The SMILES string of the molecule is CCc1nc(-c2cccc(OC)c2)sc1C(C)(C)N. The summed E-state index contributed by atoms with van der Waals surface area (Å²) in [7, 11) is 1.67. The third kappa shape index (κ3) is 2.96. The van der Waals surface area contributed by atoms with Crippen molar-refractivity contribution >= 4 is 11.3 Å². The summed E-state index contributed by atoms with van der Waals surface area (Å²) in [5, 5.41) is 1.00. The van der Waals surface area contributed by atoms with Gasteiger partial charge in [-0.25, -0.2) is 4.98 Å². The standard InChI is InChI=1S/C15H20N2OS/c1-5-12-13(15(2,3)16)19-14(17-12)10-7-6-8-11(9-10)18-4/h6-9H,5,16H2,1-4H3. The highest BCUT2D eigenvalue weighted by Crippen LogP contribution is 2.35. The van der Waals surface area contributed by atoms with Crippen molar-refractivity contribution in [2.75, 3.05) is 7.11 Å². The Morgan fingerprint density at radius 3 is 2.63 bits per heavy atom. The lowest BCUT2D eigenvalue weighted by Gasteiger charge is -2.17. The molecule has 0 bridgehead atoms. The zero-order valence-corrected chi connectivity index (χ0v) is 12.7. The van der Waals surface area contributed by atoms with E-state index in [1.54, 1.807) is 18.4 Å². The molecule has 0 aliphatic rings. The van der Waals surface area contributed by atoms with Crippen LogP contribution in [0.3, 0.4) is 0 Å². The van der Waals surface area contributed by atoms with E-state index in [1.807, 2.05) is 38.1 Å². The van der Waals surface area contributed by atoms with E-state index in [2.05, 4.69) is 6.92 Å². The average Bonchev–Trinajstić information content (AvgIpc) is 2.83. The number of rotatable bonds is 4. The topological polar surface area (TPSA) is 48.1 Å². The number of aromatic nitrogens is 1. The monoisotopic (exact) mass is 276 g/mol. The lowest BCUT2D eigenvalue weighted by Crippen LogP contribution is -2.28. The lowest BCUT2D eigenvalue weighted by molar-refractivity contribution is 0.415. The highest BCUT2D eigenvalue weighted by Gasteiger charge is 2.23. The van der Waals surface area contributed by atoms with E-state index in [0.717, 1.165) is 33.3 Å². The molecule has 102 valence electrons. The van der Waals surface area contributed by atoms with Crippen LogP contribution in [0.4, 0.5) is 0 Å². The molecule has 0 saturated carbocycles. The summed E-state index contributed by atoms with van der Waals surface area (Å²) in [6.07, 6.45) is 0.899. The third-order valence-corrected chi connectivity index (χ3v) is 4.42. The molecule has 0 fully saturated rings. The summed E-state index contributed by atoms with van der Waals surface area (Å²) in [5.41, 5.74) is 8.05. The van der Waals surface area contributed by atoms with Gasteiger partial charge in [-0.15, -0.1) is 11.3 Å². The maximum Gasteiger partial charge on any atom is 0.124 e. The number of hydrogen-bond acceptors (Lipinski definition) is 4. The molecule has 0 spiro atoms. The second-order valence-corrected chi connectivity index (χ2v) is 6.10. The minimum absolute atomic E-state index is 0.347. The van der Waals surface area contributed by atoms with Gasteiger partial charge in [-0.05, 0) is 32.4 Å². The Balaban J connectivity index is 2.48. The van der Waals surface area contributed by atoms with Gasteiger partial charge in [-0.1, -0.05) is 19.1 Å². The van der Waals surface area contributed by atoms with Gasteiger partial charge in [0.05, 0.1) is 12.8 Å². The van der Waals surface area contributed by atoms with Crippen LogP contribution in [0.15, 0.2) is 24.3 Å². The van der Waals surface area contributed by atoms with E-state index in [0.29, 0.717) is 0 Å². The van der Waals surface area contributed by atoms with Gasteiger partial charge in [0.25, 0.3) is 0 Å². The smallest absolute Gasteiger partial charge is 0.124 e. The van der Waals surface area contributed by atoms with Crippen molar-refractivity contribution in [2.24, 2.45) is 5.73 Å². The molecule has 2 rings (SSSR count). The van der Waals surface area contributed by atoms with Gasteiger partial charge >= 0.3 is 0 Å². The van der Waals surface area contributed by atoms with Crippen molar-refractivity contribution in [2.45, 2.75) is 32.7 Å². The summed E-state index contributed by atoms with van der Waals surface area (Å²) >= 11 is 1.67. The summed E-state index contributed by atoms with van der Waals surface area (Å²) < 4.78 is 5.26. The molecule has 0 radical (unpaired) electrons. The van der Waals surface area contributed by atoms with Crippen molar-refractivity contribution in [3.05, 3.63) is 34.8 Å². The first-order chi connectivity index (χ1) is 8.95. The number of nitrogens with two attached hydrogens (primary N) is 1. The molecule has 0 saturated heterocycles. The fraction of sp³-hybridized carbons (Fsp3) is 0.400. The van der Waals surface area contributed by atoms with Gasteiger partial charge < -0.3 is 10.5 Å². The Morgan fingerprint density at radius 1 is 1.37 bits per heavy atom. The zero-order chi connectivity index (χ0) is 14.0. The minimum atomic E-state index is -0.347. The molecular formula is C15H20N2OS. The molecule has 0 atom stereocenters. The predicted octanol–water partition coefficient (Wildman–Crippen LogP) is 3.57. The van der Waals surface area contributed by atoms with Crippen LogP contribution in [0.25, 0.3) is 10.6 Å². The molecule has 3 nitrogen and oxygen atoms in total. The molecule has 1 aromatic heterocycles. The number of methoxy groups -OCH3 is 1. The Labute approximate surface area is 118 Å². The Hall–Kier alpha value is -1.39. The Kier molecular flexibility index (Phi) is 3.92. The van der Waals surface area contributed by atoms with Crippen LogP contribution in [0.5, 0.6) is 5.75 Å². The van der Waals surface area contributed by atoms with Gasteiger partial charge in [-0.3, -0.25) is 0 Å². The summed E-state index contributed by atoms with van der Waals surface area (Å²) in [6, 6.07) is 7.97. The van der Waals surface area contributed by atoms with E-state index in [4.69, 9.17) is 15.5 Å². The largest absolute Gasteiger partial charge is 0.497 e. The van der Waals surface area contributed by atoms with E-state index < -0.39 is 0 Å². The first kappa shape index (κ1) is 14.0. The first-order valence-electron chi connectivity index (χ1n) is 6.39. The molecule has 0 aliphatic heterocycles. The summed E-state index contributed by atoms with van der Waals surface area (Å²) in [6.45, 7) is 6.16. The molecule has 0 aliphatic carbocycles. The van der Waals surface area contributed by atoms with Crippen molar-refractivity contribution in [3.63, 3.8) is 0 Å². The number of hydrogen-bond donors (Lipinski definition) is 1. The molecule has 19 heavy (non-hydrogen) atoms. The molecule has 0 amide bonds. The van der Waals surface area contributed by atoms with Crippen LogP contribution >= 0.6 is 11.3 Å². The Bertz CT molecular complexity index is 570. The number of thiazole rings is 1. The molecule has 0 unspecified atom stereocenters. The minimum Gasteiger partial charge on any atom is -0.497 e. The van der Waals surface area contributed by atoms with Crippen LogP contribution in [-0.4, -0.2) is 12.1 Å². The van der Waals surface area contributed by atoms with Crippen LogP contribution in [-0.2, 0) is 12.0 Å². The van der Waals surface area contributed by atoms with Crippen molar-refractivity contribution in [1.29, 1.82) is 0 Å². The number of nitrogens with zero attached hydrogens (tertiary/aromatic N) is 1. The fourth-order valence-corrected chi connectivity index (χ4v) is 3.14. The predicted molar refractivity (Wildman–Crippen MR) is 80.7 cm³/mol. The van der Waals surface area contributed by atoms with E-state index in [1.165, 1.54) is 0 Å². The molecular weight excluding hydrogens is 256 g/mol. The first-order valence-corrected chi connectivity index (χ1v) is 7.21. The summed E-state index contributed by atoms with van der Waals surface area (Å²) in [5.74, 6) is 0.847. The third-order valence-electron chi connectivity index (χ3n) is 2.93. The second kappa shape index (κ2) is 5.31. The van der Waals surface area contributed by atoms with E-state index in [-0.39, 0.29) is 5.54 Å². The number of aryl methyl sites for hydroxylation is 1. The van der Waals surface area contributed by atoms with E-state index >= 15 is 0 Å². The maximum absolute atomic E-state index is 6.23. The quantitative estimate of drug-likeness (QED) is 0.928. The van der Waals surface area contributed by atoms with E-state index in [9.17, 15) is 0 Å². The van der Waals surface area contributed by atoms with Gasteiger partial charge in [0.2, 0.25) is 0 Å². The average molecular weight is 276 g/mol. The fourth-order valence-electron chi connectivity index (χ4n) is 1.97. The Morgan fingerprint density at radius 2 is 2.11 bits per heavy atom.